The first-order chi connectivity index (χ1) is 20.7. The molecule has 4 aliphatic heterocycles. The SMILES string of the molecule is C[C@@H]1NC(=O)[C@@H]2[C@H](O)[C@H](O)C=NN2C(=O)COC(=O)[C@](C)(CO)NC(=O)[C@@H]2CC[C@H](C)NN2C(=O)[C@H]2C[C@H](Cl)CNN2C1=O. The molecule has 3 fully saturated rings. The number of nitrogens with zero attached hydrogens (tertiary/aromatic N) is 4. The summed E-state index contributed by atoms with van der Waals surface area (Å²) in [5, 5.41) is 41.2. The van der Waals surface area contributed by atoms with Gasteiger partial charge in [-0.15, -0.1) is 11.6 Å². The number of nitrogens with one attached hydrogen (secondary N) is 4. The third-order valence-corrected chi connectivity index (χ3v) is 8.24. The topological polar surface area (TPSA) is 243 Å². The summed E-state index contributed by atoms with van der Waals surface area (Å²) >= 11 is 6.36. The number of rotatable bonds is 1. The summed E-state index contributed by atoms with van der Waals surface area (Å²) in [6.45, 7) is 2.36. The summed E-state index contributed by atoms with van der Waals surface area (Å²) in [5.74, 6) is -5.69. The van der Waals surface area contributed by atoms with Crippen molar-refractivity contribution >= 4 is 53.3 Å². The lowest BCUT2D eigenvalue weighted by Crippen LogP contribution is -2.70. The zero-order valence-corrected chi connectivity index (χ0v) is 25.1. The Morgan fingerprint density at radius 1 is 1.05 bits per heavy atom. The van der Waals surface area contributed by atoms with Gasteiger partial charge < -0.3 is 30.7 Å². The second-order valence-corrected chi connectivity index (χ2v) is 12.1. The van der Waals surface area contributed by atoms with Crippen molar-refractivity contribution in [1.82, 2.24) is 36.5 Å². The quantitative estimate of drug-likeness (QED) is 0.105. The number of hydrogen-bond donors (Lipinski definition) is 7. The average molecular weight is 645 g/mol. The molecule has 0 aliphatic carbocycles. The number of ether oxygens (including phenoxy) is 1. The molecule has 0 saturated carbocycles. The third kappa shape index (κ3) is 6.64. The van der Waals surface area contributed by atoms with E-state index in [1.54, 1.807) is 6.92 Å². The van der Waals surface area contributed by atoms with Crippen LogP contribution >= 0.6 is 11.6 Å². The highest BCUT2D eigenvalue weighted by Gasteiger charge is 2.48. The number of aliphatic hydroxyl groups is 3. The van der Waals surface area contributed by atoms with E-state index >= 15 is 0 Å². The van der Waals surface area contributed by atoms with Gasteiger partial charge in [-0.2, -0.15) is 5.10 Å². The van der Waals surface area contributed by atoms with E-state index in [9.17, 15) is 44.1 Å². The molecule has 19 heteroatoms. The van der Waals surface area contributed by atoms with E-state index in [4.69, 9.17) is 16.3 Å². The molecule has 5 amide bonds. The number of fused-ring (bicyclic) bond motifs is 3. The van der Waals surface area contributed by atoms with Crippen LogP contribution in [0.5, 0.6) is 0 Å². The number of alkyl halides is 1. The molecule has 44 heavy (non-hydrogen) atoms. The van der Waals surface area contributed by atoms with Crippen LogP contribution in [-0.2, 0) is 33.5 Å². The van der Waals surface area contributed by atoms with Gasteiger partial charge in [-0.3, -0.25) is 34.0 Å². The monoisotopic (exact) mass is 644 g/mol. The smallest absolute Gasteiger partial charge is 0.334 e. The Hall–Kier alpha value is -3.42. The van der Waals surface area contributed by atoms with Crippen molar-refractivity contribution in [2.75, 3.05) is 19.8 Å². The zero-order valence-electron chi connectivity index (χ0n) is 24.3. The number of aliphatic hydroxyl groups excluding tert-OH is 3. The maximum absolute atomic E-state index is 14.0. The van der Waals surface area contributed by atoms with Crippen molar-refractivity contribution in [3.63, 3.8) is 0 Å². The van der Waals surface area contributed by atoms with E-state index in [0.717, 1.165) is 23.2 Å². The van der Waals surface area contributed by atoms with Gasteiger partial charge in [0.1, 0.15) is 30.3 Å². The standard InChI is InChI=1S/C25H37ClN8O10/c1-11-4-5-14-20(39)30-25(3,10-35)24(43)44-9-17(37)34-18(19(38)16(36)8-28-34)21(40)29-12(2)22(41)32-15(6-13(26)7-27-32)23(42)33(14)31-11/h8,11-16,18-19,27,31,35-36,38H,4-7,9-10H2,1-3H3,(H,29,40)(H,30,39)/t11-,12-,13-,14-,15+,16+,18-,19+,25-/m0/s1. The van der Waals surface area contributed by atoms with Crippen LogP contribution in [0.3, 0.4) is 0 Å². The number of cyclic esters (lactones) is 1. The van der Waals surface area contributed by atoms with Gasteiger partial charge in [0, 0.05) is 12.6 Å². The van der Waals surface area contributed by atoms with E-state index in [1.807, 2.05) is 0 Å². The first-order valence-electron chi connectivity index (χ1n) is 14.1. The number of hydrazone groups is 1. The molecule has 0 bridgehead atoms. The molecular weight excluding hydrogens is 608 g/mol. The average Bonchev–Trinajstić information content (AvgIpc) is 2.99. The number of carbonyl (C=O) groups excluding carboxylic acids is 6. The Morgan fingerprint density at radius 2 is 1.75 bits per heavy atom. The van der Waals surface area contributed by atoms with E-state index in [-0.39, 0.29) is 25.4 Å². The highest BCUT2D eigenvalue weighted by atomic mass is 35.5. The number of carbonyl (C=O) groups is 6. The minimum atomic E-state index is -2.07. The second-order valence-electron chi connectivity index (χ2n) is 11.5. The van der Waals surface area contributed by atoms with Gasteiger partial charge in [0.2, 0.25) is 11.8 Å². The molecule has 0 aromatic heterocycles. The summed E-state index contributed by atoms with van der Waals surface area (Å²) < 4.78 is 5.06. The van der Waals surface area contributed by atoms with Crippen molar-refractivity contribution in [3.8, 4) is 0 Å². The van der Waals surface area contributed by atoms with Gasteiger partial charge in [-0.25, -0.2) is 20.7 Å². The van der Waals surface area contributed by atoms with Crippen molar-refractivity contribution < 1.29 is 48.8 Å². The van der Waals surface area contributed by atoms with E-state index in [1.165, 1.54) is 6.92 Å². The number of hydrogen-bond acceptors (Lipinski definition) is 13. The van der Waals surface area contributed by atoms with Crippen LogP contribution in [0, 0.1) is 0 Å². The molecule has 9 atom stereocenters. The molecule has 7 N–H and O–H groups in total. The second kappa shape index (κ2) is 13.3. The molecule has 4 aliphatic rings. The lowest BCUT2D eigenvalue weighted by Gasteiger charge is -2.45. The first kappa shape index (κ1) is 33.5. The lowest BCUT2D eigenvalue weighted by atomic mass is 9.98. The van der Waals surface area contributed by atoms with Crippen LogP contribution in [0.1, 0.15) is 40.0 Å². The fourth-order valence-corrected chi connectivity index (χ4v) is 5.52. The summed E-state index contributed by atoms with van der Waals surface area (Å²) in [4.78, 5) is 80.5. The molecule has 0 unspecified atom stereocenters. The van der Waals surface area contributed by atoms with Crippen LogP contribution < -0.4 is 21.5 Å². The van der Waals surface area contributed by atoms with Crippen LogP contribution in [0.4, 0.5) is 0 Å². The Morgan fingerprint density at radius 3 is 2.43 bits per heavy atom. The van der Waals surface area contributed by atoms with Gasteiger partial charge in [0.25, 0.3) is 17.7 Å². The van der Waals surface area contributed by atoms with E-state index < -0.39 is 96.0 Å². The maximum atomic E-state index is 14.0. The summed E-state index contributed by atoms with van der Waals surface area (Å²) in [6.07, 6.45) is -2.14. The van der Waals surface area contributed by atoms with Crippen molar-refractivity contribution in [2.24, 2.45) is 5.10 Å². The molecule has 0 aromatic carbocycles. The normalized spacial score (nSPS) is 38.0. The molecular formula is C25H37ClN8O10. The van der Waals surface area contributed by atoms with Gasteiger partial charge in [-0.05, 0) is 40.0 Å². The van der Waals surface area contributed by atoms with Crippen molar-refractivity contribution in [1.29, 1.82) is 0 Å². The predicted octanol–water partition coefficient (Wildman–Crippen LogP) is -4.57. The summed E-state index contributed by atoms with van der Waals surface area (Å²) in [6, 6.07) is -5.87. The first-order valence-corrected chi connectivity index (χ1v) is 14.5. The van der Waals surface area contributed by atoms with Crippen LogP contribution in [0.15, 0.2) is 5.10 Å². The molecule has 18 nitrogen and oxygen atoms in total. The van der Waals surface area contributed by atoms with Gasteiger partial charge in [0.15, 0.2) is 18.2 Å². The molecule has 3 saturated heterocycles. The minimum absolute atomic E-state index is 0.0219. The maximum Gasteiger partial charge on any atom is 0.334 e. The molecule has 0 spiro atoms. The zero-order chi connectivity index (χ0) is 32.5. The van der Waals surface area contributed by atoms with Gasteiger partial charge in [0.05, 0.1) is 18.2 Å². The fourth-order valence-electron chi connectivity index (χ4n) is 5.29. The number of hydrazine groups is 2. The Labute approximate surface area is 257 Å². The largest absolute Gasteiger partial charge is 0.454 e. The van der Waals surface area contributed by atoms with Crippen molar-refractivity contribution in [2.45, 2.75) is 93.4 Å². The summed E-state index contributed by atoms with van der Waals surface area (Å²) in [7, 11) is 0. The fraction of sp³-hybridized carbons (Fsp3) is 0.720. The Balaban J connectivity index is 1.75. The molecule has 4 heterocycles. The van der Waals surface area contributed by atoms with Gasteiger partial charge in [-0.1, -0.05) is 0 Å². The third-order valence-electron chi connectivity index (χ3n) is 7.91. The highest BCUT2D eigenvalue weighted by Crippen LogP contribution is 2.24. The minimum Gasteiger partial charge on any atom is -0.454 e. The molecule has 4 rings (SSSR count). The number of amides is 5. The number of esters is 1. The Bertz CT molecular complexity index is 1220. The van der Waals surface area contributed by atoms with Crippen molar-refractivity contribution in [3.05, 3.63) is 0 Å². The molecule has 244 valence electrons. The lowest BCUT2D eigenvalue weighted by molar-refractivity contribution is -0.166. The van der Waals surface area contributed by atoms with Crippen LogP contribution in [0.25, 0.3) is 0 Å². The van der Waals surface area contributed by atoms with Crippen LogP contribution in [-0.4, -0.2) is 145 Å². The molecule has 0 aromatic rings. The van der Waals surface area contributed by atoms with E-state index in [2.05, 4.69) is 26.6 Å². The summed E-state index contributed by atoms with van der Waals surface area (Å²) in [5.41, 5.74) is 3.68. The molecule has 0 radical (unpaired) electrons. The highest BCUT2D eigenvalue weighted by molar-refractivity contribution is 6.21. The number of halogens is 1. The predicted molar refractivity (Wildman–Crippen MR) is 149 cm³/mol. The Kier molecular flexibility index (Phi) is 10.1. The van der Waals surface area contributed by atoms with E-state index in [0.29, 0.717) is 11.4 Å². The van der Waals surface area contributed by atoms with Gasteiger partial charge >= 0.3 is 5.97 Å². The van der Waals surface area contributed by atoms with Crippen LogP contribution in [0.2, 0.25) is 0 Å².